The maximum Gasteiger partial charge on any atom is 0.0698 e. The molecule has 0 amide bonds. The van der Waals surface area contributed by atoms with E-state index >= 15 is 0 Å². The molecular formula is C15H29NO2. The zero-order chi connectivity index (χ0) is 13.0. The molecule has 1 heterocycles. The third-order valence-corrected chi connectivity index (χ3v) is 4.87. The summed E-state index contributed by atoms with van der Waals surface area (Å²) in [5.41, 5.74) is 0.212. The van der Waals surface area contributed by atoms with Crippen LogP contribution in [-0.4, -0.2) is 38.0 Å². The Labute approximate surface area is 112 Å². The first-order chi connectivity index (χ1) is 8.71. The molecular weight excluding hydrogens is 226 g/mol. The van der Waals surface area contributed by atoms with Crippen LogP contribution in [0.3, 0.4) is 0 Å². The topological polar surface area (TPSA) is 30.5 Å². The van der Waals surface area contributed by atoms with Crippen molar-refractivity contribution < 1.29 is 9.47 Å². The maximum atomic E-state index is 6.13. The van der Waals surface area contributed by atoms with E-state index in [2.05, 4.69) is 19.2 Å². The van der Waals surface area contributed by atoms with Crippen molar-refractivity contribution in [3.8, 4) is 0 Å². The second kappa shape index (κ2) is 6.36. The van der Waals surface area contributed by atoms with Gasteiger partial charge in [-0.25, -0.2) is 0 Å². The number of hydrogen-bond donors (Lipinski definition) is 1. The lowest BCUT2D eigenvalue weighted by Gasteiger charge is -2.42. The van der Waals surface area contributed by atoms with Crippen molar-refractivity contribution in [1.82, 2.24) is 5.32 Å². The molecule has 1 saturated heterocycles. The molecule has 3 unspecified atom stereocenters. The molecule has 3 heteroatoms. The minimum atomic E-state index is 0.212. The van der Waals surface area contributed by atoms with E-state index in [1.165, 1.54) is 38.5 Å². The number of likely N-dealkylation sites (N-methyl/N-ethyl adjacent to an activating group) is 1. The zero-order valence-electron chi connectivity index (χ0n) is 12.2. The average Bonchev–Trinajstić information content (AvgIpc) is 2.83. The molecule has 1 aliphatic carbocycles. The van der Waals surface area contributed by atoms with Gasteiger partial charge in [0.15, 0.2) is 0 Å². The highest BCUT2D eigenvalue weighted by Gasteiger charge is 2.42. The first-order valence-electron chi connectivity index (χ1n) is 7.61. The summed E-state index contributed by atoms with van der Waals surface area (Å²) in [5, 5.41) is 3.63. The van der Waals surface area contributed by atoms with Gasteiger partial charge in [0, 0.05) is 19.8 Å². The fourth-order valence-corrected chi connectivity index (χ4v) is 3.84. The number of rotatable bonds is 5. The normalized spacial score (nSPS) is 30.5. The Morgan fingerprint density at radius 3 is 2.72 bits per heavy atom. The minimum absolute atomic E-state index is 0.212. The fraction of sp³-hybridized carbons (Fsp3) is 1.00. The number of methoxy groups -OCH3 is 1. The van der Waals surface area contributed by atoms with Gasteiger partial charge >= 0.3 is 0 Å². The highest BCUT2D eigenvalue weighted by molar-refractivity contribution is 4.95. The standard InChI is InChI=1S/C15H29NO2/c1-4-16-14(12(2)17-3)13-7-10-18-15(11-13)8-5-6-9-15/h12-14,16H,4-11H2,1-3H3. The van der Waals surface area contributed by atoms with Crippen LogP contribution in [0.4, 0.5) is 0 Å². The molecule has 1 aliphatic heterocycles. The predicted molar refractivity (Wildman–Crippen MR) is 73.8 cm³/mol. The first-order valence-corrected chi connectivity index (χ1v) is 7.61. The molecule has 18 heavy (non-hydrogen) atoms. The van der Waals surface area contributed by atoms with E-state index in [0.717, 1.165) is 13.2 Å². The van der Waals surface area contributed by atoms with Crippen LogP contribution in [0.1, 0.15) is 52.4 Å². The molecule has 1 saturated carbocycles. The largest absolute Gasteiger partial charge is 0.380 e. The fourth-order valence-electron chi connectivity index (χ4n) is 3.84. The average molecular weight is 255 g/mol. The van der Waals surface area contributed by atoms with E-state index in [9.17, 15) is 0 Å². The third kappa shape index (κ3) is 3.06. The highest BCUT2D eigenvalue weighted by atomic mass is 16.5. The van der Waals surface area contributed by atoms with Gasteiger partial charge in [-0.15, -0.1) is 0 Å². The summed E-state index contributed by atoms with van der Waals surface area (Å²) in [7, 11) is 1.82. The van der Waals surface area contributed by atoms with Crippen LogP contribution in [0.25, 0.3) is 0 Å². The molecule has 0 bridgehead atoms. The molecule has 3 nitrogen and oxygen atoms in total. The van der Waals surface area contributed by atoms with Gasteiger partial charge in [-0.05, 0) is 45.1 Å². The molecule has 2 fully saturated rings. The monoisotopic (exact) mass is 255 g/mol. The summed E-state index contributed by atoms with van der Waals surface area (Å²) in [6.07, 6.45) is 7.90. The molecule has 3 atom stereocenters. The van der Waals surface area contributed by atoms with Crippen LogP contribution >= 0.6 is 0 Å². The highest BCUT2D eigenvalue weighted by Crippen LogP contribution is 2.43. The summed E-state index contributed by atoms with van der Waals surface area (Å²) in [5.74, 6) is 0.701. The van der Waals surface area contributed by atoms with Gasteiger partial charge in [0.05, 0.1) is 11.7 Å². The third-order valence-electron chi connectivity index (χ3n) is 4.87. The van der Waals surface area contributed by atoms with Crippen LogP contribution in [0.15, 0.2) is 0 Å². The summed E-state index contributed by atoms with van der Waals surface area (Å²) >= 11 is 0. The van der Waals surface area contributed by atoms with Crippen LogP contribution in [0.5, 0.6) is 0 Å². The molecule has 106 valence electrons. The Hall–Kier alpha value is -0.120. The Morgan fingerprint density at radius 2 is 2.11 bits per heavy atom. The zero-order valence-corrected chi connectivity index (χ0v) is 12.2. The molecule has 0 aromatic carbocycles. The molecule has 0 aromatic rings. The molecule has 1 spiro atoms. The van der Waals surface area contributed by atoms with E-state index in [1.807, 2.05) is 7.11 Å². The van der Waals surface area contributed by atoms with Crippen LogP contribution in [0.2, 0.25) is 0 Å². The van der Waals surface area contributed by atoms with Crippen LogP contribution < -0.4 is 5.32 Å². The Balaban J connectivity index is 2.00. The molecule has 2 aliphatic rings. The summed E-state index contributed by atoms with van der Waals surface area (Å²) in [6.45, 7) is 6.32. The lowest BCUT2D eigenvalue weighted by molar-refractivity contribution is -0.105. The second-order valence-electron chi connectivity index (χ2n) is 6.02. The lowest BCUT2D eigenvalue weighted by Crippen LogP contribution is -2.50. The number of ether oxygens (including phenoxy) is 2. The Bertz CT molecular complexity index is 251. The van der Waals surface area contributed by atoms with E-state index in [4.69, 9.17) is 9.47 Å². The minimum Gasteiger partial charge on any atom is -0.380 e. The van der Waals surface area contributed by atoms with Crippen molar-refractivity contribution in [2.24, 2.45) is 5.92 Å². The number of hydrogen-bond acceptors (Lipinski definition) is 3. The van der Waals surface area contributed by atoms with Gasteiger partial charge in [-0.2, -0.15) is 0 Å². The van der Waals surface area contributed by atoms with Crippen molar-refractivity contribution >= 4 is 0 Å². The van der Waals surface area contributed by atoms with Gasteiger partial charge in [0.1, 0.15) is 0 Å². The quantitative estimate of drug-likeness (QED) is 0.819. The van der Waals surface area contributed by atoms with E-state index in [0.29, 0.717) is 12.0 Å². The molecule has 0 radical (unpaired) electrons. The van der Waals surface area contributed by atoms with Crippen molar-refractivity contribution in [1.29, 1.82) is 0 Å². The summed E-state index contributed by atoms with van der Waals surface area (Å²) in [4.78, 5) is 0. The van der Waals surface area contributed by atoms with E-state index in [1.54, 1.807) is 0 Å². The molecule has 1 N–H and O–H groups in total. The SMILES string of the molecule is CCNC(C1CCOC2(CCCC2)C1)C(C)OC. The first kappa shape index (κ1) is 14.3. The summed E-state index contributed by atoms with van der Waals surface area (Å²) in [6, 6.07) is 0.473. The summed E-state index contributed by atoms with van der Waals surface area (Å²) < 4.78 is 11.7. The van der Waals surface area contributed by atoms with Gasteiger partial charge in [-0.1, -0.05) is 19.8 Å². The van der Waals surface area contributed by atoms with Crippen molar-refractivity contribution in [3.63, 3.8) is 0 Å². The van der Waals surface area contributed by atoms with Crippen molar-refractivity contribution in [2.75, 3.05) is 20.3 Å². The van der Waals surface area contributed by atoms with E-state index in [-0.39, 0.29) is 11.7 Å². The van der Waals surface area contributed by atoms with Gasteiger partial charge < -0.3 is 14.8 Å². The Kier molecular flexibility index (Phi) is 5.05. The maximum absolute atomic E-state index is 6.13. The molecule has 0 aromatic heterocycles. The van der Waals surface area contributed by atoms with Gasteiger partial charge in [-0.3, -0.25) is 0 Å². The van der Waals surface area contributed by atoms with Gasteiger partial charge in [0.25, 0.3) is 0 Å². The van der Waals surface area contributed by atoms with Crippen molar-refractivity contribution in [2.45, 2.75) is 70.1 Å². The smallest absolute Gasteiger partial charge is 0.0698 e. The predicted octanol–water partition coefficient (Wildman–Crippen LogP) is 2.74. The van der Waals surface area contributed by atoms with Crippen LogP contribution in [-0.2, 0) is 9.47 Å². The van der Waals surface area contributed by atoms with Crippen molar-refractivity contribution in [3.05, 3.63) is 0 Å². The second-order valence-corrected chi connectivity index (χ2v) is 6.02. The number of nitrogens with one attached hydrogen (secondary N) is 1. The van der Waals surface area contributed by atoms with E-state index < -0.39 is 0 Å². The Morgan fingerprint density at radius 1 is 1.39 bits per heavy atom. The lowest BCUT2D eigenvalue weighted by atomic mass is 9.79. The molecule has 2 rings (SSSR count). The van der Waals surface area contributed by atoms with Crippen LogP contribution in [0, 0.1) is 5.92 Å². The van der Waals surface area contributed by atoms with Gasteiger partial charge in [0.2, 0.25) is 0 Å².